The second kappa shape index (κ2) is 5.70. The van der Waals surface area contributed by atoms with Crippen LogP contribution >= 0.6 is 0 Å². The number of nitrogens with one attached hydrogen (secondary N) is 1. The fourth-order valence-corrected chi connectivity index (χ4v) is 2.89. The SMILES string of the molecule is CCNS(=O)(=O)c1ccc2c(c1)oc(=O)n2CC(=O)OC. The van der Waals surface area contributed by atoms with E-state index in [0.29, 0.717) is 5.52 Å². The third kappa shape index (κ3) is 2.98. The van der Waals surface area contributed by atoms with Gasteiger partial charge in [-0.25, -0.2) is 17.9 Å². The molecule has 1 heterocycles. The highest BCUT2D eigenvalue weighted by Crippen LogP contribution is 2.18. The molecule has 2 aromatic rings. The van der Waals surface area contributed by atoms with E-state index in [4.69, 9.17) is 4.42 Å². The lowest BCUT2D eigenvalue weighted by atomic mass is 10.3. The van der Waals surface area contributed by atoms with Crippen LogP contribution in [0.25, 0.3) is 11.1 Å². The van der Waals surface area contributed by atoms with Gasteiger partial charge in [0.2, 0.25) is 10.0 Å². The summed E-state index contributed by atoms with van der Waals surface area (Å²) in [5.74, 6) is -1.36. The van der Waals surface area contributed by atoms with Gasteiger partial charge >= 0.3 is 11.7 Å². The Morgan fingerprint density at radius 3 is 2.76 bits per heavy atom. The Balaban J connectivity index is 2.52. The molecule has 0 bridgehead atoms. The summed E-state index contributed by atoms with van der Waals surface area (Å²) in [5, 5.41) is 0. The third-order valence-corrected chi connectivity index (χ3v) is 4.34. The molecule has 0 radical (unpaired) electrons. The number of esters is 1. The summed E-state index contributed by atoms with van der Waals surface area (Å²) < 4.78 is 36.6. The molecule has 0 spiro atoms. The topological polar surface area (TPSA) is 108 Å². The summed E-state index contributed by atoms with van der Waals surface area (Å²) in [5.41, 5.74) is 0.406. The number of benzene rings is 1. The number of sulfonamides is 1. The molecule has 0 saturated heterocycles. The van der Waals surface area contributed by atoms with Gasteiger partial charge in [-0.05, 0) is 12.1 Å². The van der Waals surface area contributed by atoms with E-state index in [1.807, 2.05) is 0 Å². The zero-order chi connectivity index (χ0) is 15.6. The van der Waals surface area contributed by atoms with Crippen LogP contribution in [-0.2, 0) is 26.1 Å². The Labute approximate surface area is 120 Å². The van der Waals surface area contributed by atoms with Crippen molar-refractivity contribution in [3.05, 3.63) is 28.7 Å². The zero-order valence-electron chi connectivity index (χ0n) is 11.5. The summed E-state index contributed by atoms with van der Waals surface area (Å²) in [6.07, 6.45) is 0. The van der Waals surface area contributed by atoms with Crippen molar-refractivity contribution in [2.45, 2.75) is 18.4 Å². The lowest BCUT2D eigenvalue weighted by Crippen LogP contribution is -2.23. The Morgan fingerprint density at radius 1 is 1.43 bits per heavy atom. The van der Waals surface area contributed by atoms with Gasteiger partial charge in [0, 0.05) is 12.6 Å². The summed E-state index contributed by atoms with van der Waals surface area (Å²) in [7, 11) is -2.44. The maximum atomic E-state index is 11.9. The van der Waals surface area contributed by atoms with Gasteiger partial charge in [-0.1, -0.05) is 6.92 Å². The van der Waals surface area contributed by atoms with E-state index in [9.17, 15) is 18.0 Å². The van der Waals surface area contributed by atoms with E-state index in [1.54, 1.807) is 6.92 Å². The molecular weight excluding hydrogens is 300 g/mol. The van der Waals surface area contributed by atoms with Crippen molar-refractivity contribution in [1.82, 2.24) is 9.29 Å². The molecule has 0 unspecified atom stereocenters. The van der Waals surface area contributed by atoms with Gasteiger partial charge in [-0.2, -0.15) is 0 Å². The van der Waals surface area contributed by atoms with Gasteiger partial charge in [0.25, 0.3) is 0 Å². The van der Waals surface area contributed by atoms with Gasteiger partial charge < -0.3 is 9.15 Å². The average molecular weight is 314 g/mol. The van der Waals surface area contributed by atoms with E-state index >= 15 is 0 Å². The number of carbonyl (C=O) groups is 1. The lowest BCUT2D eigenvalue weighted by molar-refractivity contribution is -0.141. The smallest absolute Gasteiger partial charge is 0.420 e. The van der Waals surface area contributed by atoms with Gasteiger partial charge in [0.15, 0.2) is 5.58 Å². The molecule has 0 atom stereocenters. The minimum atomic E-state index is -3.65. The number of aromatic nitrogens is 1. The number of hydrogen-bond donors (Lipinski definition) is 1. The van der Waals surface area contributed by atoms with Crippen LogP contribution in [0.1, 0.15) is 6.92 Å². The molecule has 1 aromatic heterocycles. The minimum absolute atomic E-state index is 0.0178. The van der Waals surface area contributed by atoms with Crippen LogP contribution in [0.2, 0.25) is 0 Å². The van der Waals surface area contributed by atoms with Crippen LogP contribution in [0, 0.1) is 0 Å². The Hall–Kier alpha value is -2.13. The molecule has 2 rings (SSSR count). The highest BCUT2D eigenvalue weighted by atomic mass is 32.2. The molecule has 0 amide bonds. The van der Waals surface area contributed by atoms with Crippen molar-refractivity contribution in [1.29, 1.82) is 0 Å². The van der Waals surface area contributed by atoms with E-state index in [0.717, 1.165) is 4.57 Å². The van der Waals surface area contributed by atoms with E-state index < -0.39 is 21.7 Å². The van der Waals surface area contributed by atoms with Gasteiger partial charge in [0.1, 0.15) is 6.54 Å². The fraction of sp³-hybridized carbons (Fsp3) is 0.333. The van der Waals surface area contributed by atoms with Crippen molar-refractivity contribution in [3.8, 4) is 0 Å². The number of methoxy groups -OCH3 is 1. The van der Waals surface area contributed by atoms with Crippen molar-refractivity contribution in [2.75, 3.05) is 13.7 Å². The lowest BCUT2D eigenvalue weighted by Gasteiger charge is -2.04. The maximum absolute atomic E-state index is 11.9. The Bertz CT molecular complexity index is 833. The monoisotopic (exact) mass is 314 g/mol. The number of nitrogens with zero attached hydrogens (tertiary/aromatic N) is 1. The molecule has 0 fully saturated rings. The van der Waals surface area contributed by atoms with E-state index in [-0.39, 0.29) is 23.6 Å². The van der Waals surface area contributed by atoms with Crippen molar-refractivity contribution >= 4 is 27.1 Å². The second-order valence-electron chi connectivity index (χ2n) is 4.16. The second-order valence-corrected chi connectivity index (χ2v) is 5.93. The summed E-state index contributed by atoms with van der Waals surface area (Å²) in [6.45, 7) is 1.60. The molecule has 0 aliphatic carbocycles. The van der Waals surface area contributed by atoms with Gasteiger partial charge in [0.05, 0.1) is 17.5 Å². The number of oxazole rings is 1. The van der Waals surface area contributed by atoms with E-state index in [2.05, 4.69) is 9.46 Å². The average Bonchev–Trinajstić information content (AvgIpc) is 2.74. The van der Waals surface area contributed by atoms with Crippen molar-refractivity contribution < 1.29 is 22.4 Å². The highest BCUT2D eigenvalue weighted by molar-refractivity contribution is 7.89. The first-order valence-corrected chi connectivity index (χ1v) is 7.57. The molecule has 114 valence electrons. The fourth-order valence-electron chi connectivity index (χ4n) is 1.83. The molecule has 21 heavy (non-hydrogen) atoms. The van der Waals surface area contributed by atoms with Crippen LogP contribution in [0.15, 0.2) is 32.3 Å². The van der Waals surface area contributed by atoms with Crippen molar-refractivity contribution in [3.63, 3.8) is 0 Å². The minimum Gasteiger partial charge on any atom is -0.468 e. The molecule has 9 heteroatoms. The van der Waals surface area contributed by atoms with Crippen molar-refractivity contribution in [2.24, 2.45) is 0 Å². The maximum Gasteiger partial charge on any atom is 0.420 e. The summed E-state index contributed by atoms with van der Waals surface area (Å²) in [4.78, 5) is 22.9. The molecule has 0 aliphatic heterocycles. The number of fused-ring (bicyclic) bond motifs is 1. The molecular formula is C12H14N2O6S. The quantitative estimate of drug-likeness (QED) is 0.782. The number of rotatable bonds is 5. The molecule has 1 N–H and O–H groups in total. The number of hydrogen-bond acceptors (Lipinski definition) is 6. The normalized spacial score (nSPS) is 11.7. The first kappa shape index (κ1) is 15.3. The third-order valence-electron chi connectivity index (χ3n) is 2.80. The summed E-state index contributed by atoms with van der Waals surface area (Å²) >= 11 is 0. The predicted octanol–water partition coefficient (Wildman–Crippen LogP) is 0.0657. The predicted molar refractivity (Wildman–Crippen MR) is 73.4 cm³/mol. The standard InChI is InChI=1S/C12H14N2O6S/c1-3-13-21(17,18)8-4-5-9-10(6-8)20-12(16)14(9)7-11(15)19-2/h4-6,13H,3,7H2,1-2H3. The molecule has 0 aliphatic rings. The summed E-state index contributed by atoms with van der Waals surface area (Å²) in [6, 6.07) is 3.99. The first-order chi connectivity index (χ1) is 9.89. The highest BCUT2D eigenvalue weighted by Gasteiger charge is 2.18. The largest absolute Gasteiger partial charge is 0.468 e. The first-order valence-electron chi connectivity index (χ1n) is 6.09. The molecule has 8 nitrogen and oxygen atoms in total. The Kier molecular flexibility index (Phi) is 4.14. The number of carbonyl (C=O) groups excluding carboxylic acids is 1. The molecule has 0 saturated carbocycles. The zero-order valence-corrected chi connectivity index (χ0v) is 12.3. The molecule has 1 aromatic carbocycles. The van der Waals surface area contributed by atoms with Crippen LogP contribution in [-0.4, -0.2) is 32.6 Å². The van der Waals surface area contributed by atoms with Crippen LogP contribution in [0.5, 0.6) is 0 Å². The van der Waals surface area contributed by atoms with E-state index in [1.165, 1.54) is 25.3 Å². The Morgan fingerprint density at radius 2 is 2.14 bits per heavy atom. The van der Waals surface area contributed by atoms with Crippen LogP contribution in [0.3, 0.4) is 0 Å². The number of ether oxygens (including phenoxy) is 1. The van der Waals surface area contributed by atoms with Gasteiger partial charge in [-0.3, -0.25) is 9.36 Å². The van der Waals surface area contributed by atoms with Crippen LogP contribution in [0.4, 0.5) is 0 Å². The van der Waals surface area contributed by atoms with Gasteiger partial charge in [-0.15, -0.1) is 0 Å². The van der Waals surface area contributed by atoms with Crippen LogP contribution < -0.4 is 10.5 Å².